The van der Waals surface area contributed by atoms with Crippen molar-refractivity contribution >= 4 is 12.2 Å². The highest BCUT2D eigenvalue weighted by Gasteiger charge is 2.41. The molecule has 26 heavy (non-hydrogen) atoms. The molecular weight excluding hydrogens is 335 g/mol. The second kappa shape index (κ2) is 4.90. The lowest BCUT2D eigenvalue weighted by Crippen LogP contribution is -2.50. The largest absolute Gasteiger partial charge is 0.295 e. The molecule has 6 rings (SSSR count). The fraction of sp³-hybridized carbons (Fsp3) is 0.294. The topological polar surface area (TPSA) is 67.4 Å². The third-order valence-corrected chi connectivity index (χ3v) is 5.14. The predicted molar refractivity (Wildman–Crippen MR) is 91.9 cm³/mol. The van der Waals surface area contributed by atoms with Crippen LogP contribution >= 0.6 is 0 Å². The number of aromatic nitrogens is 5. The molecule has 1 atom stereocenters. The molecule has 4 heterocycles. The number of aliphatic imine (C=N–C) groups is 1. The smallest absolute Gasteiger partial charge is 0.253 e. The Morgan fingerprint density at radius 3 is 2.92 bits per heavy atom. The summed E-state index contributed by atoms with van der Waals surface area (Å²) in [7, 11) is 0. The third kappa shape index (κ3) is 1.82. The highest BCUT2D eigenvalue weighted by atomic mass is 19.1. The van der Waals surface area contributed by atoms with Gasteiger partial charge in [0.05, 0.1) is 23.8 Å². The van der Waals surface area contributed by atoms with Crippen LogP contribution in [-0.2, 0) is 6.42 Å². The Bertz CT molecular complexity index is 1030. The van der Waals surface area contributed by atoms with E-state index in [4.69, 9.17) is 0 Å². The van der Waals surface area contributed by atoms with Crippen molar-refractivity contribution < 1.29 is 4.39 Å². The number of benzene rings is 1. The number of imidazole rings is 1. The number of fused-ring (bicyclic) bond motifs is 6. The summed E-state index contributed by atoms with van der Waals surface area (Å²) in [5.74, 6) is 1.31. The minimum Gasteiger partial charge on any atom is -0.253 e. The zero-order valence-electron chi connectivity index (χ0n) is 13.8. The van der Waals surface area contributed by atoms with E-state index < -0.39 is 6.08 Å². The van der Waals surface area contributed by atoms with Crippen LogP contribution in [-0.4, -0.2) is 31.0 Å². The first-order chi connectivity index (χ1) is 12.8. The van der Waals surface area contributed by atoms with Crippen LogP contribution in [0.3, 0.4) is 0 Å². The van der Waals surface area contributed by atoms with E-state index in [0.717, 1.165) is 23.4 Å². The number of rotatable bonds is 3. The molecule has 0 bridgehead atoms. The molecule has 1 fully saturated rings. The number of hydrazine groups is 1. The Kier molecular flexibility index (Phi) is 2.64. The average molecular weight is 350 g/mol. The van der Waals surface area contributed by atoms with Crippen LogP contribution in [0.4, 0.5) is 10.2 Å². The van der Waals surface area contributed by atoms with Gasteiger partial charge in [-0.2, -0.15) is 9.51 Å². The average Bonchev–Trinajstić information content (AvgIpc) is 3.04. The molecular formula is C17H15FN8. The monoisotopic (exact) mass is 350 g/mol. The van der Waals surface area contributed by atoms with Gasteiger partial charge in [-0.1, -0.05) is 18.2 Å². The standard InChI is InChI=1S/C17H15FN8/c18-17-19-9-15-24(17)14-4-2-1-3-13(14)16-20-10-23(25(15)16)26-12(8-21-22-26)7-11-5-6-11/h1-4,8-11,16H,5-7H2. The Morgan fingerprint density at radius 2 is 2.04 bits per heavy atom. The fourth-order valence-electron chi connectivity index (χ4n) is 3.73. The van der Waals surface area contributed by atoms with Crippen LogP contribution in [0, 0.1) is 12.0 Å². The van der Waals surface area contributed by atoms with Crippen LogP contribution in [0.2, 0.25) is 0 Å². The molecule has 2 aliphatic heterocycles. The molecule has 3 aliphatic rings. The molecule has 1 aromatic carbocycles. The highest BCUT2D eigenvalue weighted by molar-refractivity contribution is 5.78. The van der Waals surface area contributed by atoms with E-state index in [-0.39, 0.29) is 6.17 Å². The zero-order chi connectivity index (χ0) is 17.3. The van der Waals surface area contributed by atoms with E-state index in [9.17, 15) is 4.39 Å². The van der Waals surface area contributed by atoms with Gasteiger partial charge in [0, 0.05) is 5.56 Å². The molecule has 0 spiro atoms. The van der Waals surface area contributed by atoms with Gasteiger partial charge in [0.15, 0.2) is 12.0 Å². The number of anilines is 1. The summed E-state index contributed by atoms with van der Waals surface area (Å²) in [6, 6.07) is 7.66. The van der Waals surface area contributed by atoms with Gasteiger partial charge in [-0.25, -0.2) is 15.0 Å². The molecule has 8 nitrogen and oxygen atoms in total. The van der Waals surface area contributed by atoms with Crippen LogP contribution < -0.4 is 10.1 Å². The highest BCUT2D eigenvalue weighted by Crippen LogP contribution is 2.42. The quantitative estimate of drug-likeness (QED) is 0.722. The van der Waals surface area contributed by atoms with E-state index in [0.29, 0.717) is 11.7 Å². The van der Waals surface area contributed by atoms with Crippen LogP contribution in [0.15, 0.2) is 41.7 Å². The van der Waals surface area contributed by atoms with Crippen molar-refractivity contribution in [1.29, 1.82) is 0 Å². The van der Waals surface area contributed by atoms with Crippen LogP contribution in [0.5, 0.6) is 0 Å². The first kappa shape index (κ1) is 14.0. The Balaban J connectivity index is 1.49. The first-order valence-electron chi connectivity index (χ1n) is 8.65. The Hall–Kier alpha value is -3.23. The van der Waals surface area contributed by atoms with Crippen molar-refractivity contribution in [2.45, 2.75) is 25.4 Å². The van der Waals surface area contributed by atoms with Crippen molar-refractivity contribution in [2.75, 3.05) is 10.1 Å². The second-order valence-electron chi connectivity index (χ2n) is 6.85. The summed E-state index contributed by atoms with van der Waals surface area (Å²) < 4.78 is 15.9. The minimum atomic E-state index is -0.547. The van der Waals surface area contributed by atoms with Gasteiger partial charge >= 0.3 is 0 Å². The first-order valence-corrected chi connectivity index (χ1v) is 8.65. The van der Waals surface area contributed by atoms with Gasteiger partial charge in [-0.15, -0.1) is 9.89 Å². The molecule has 0 amide bonds. The van der Waals surface area contributed by atoms with E-state index in [1.807, 2.05) is 29.3 Å². The second-order valence-corrected chi connectivity index (χ2v) is 6.85. The van der Waals surface area contributed by atoms with Crippen molar-refractivity contribution in [3.63, 3.8) is 0 Å². The van der Waals surface area contributed by atoms with E-state index >= 15 is 0 Å². The predicted octanol–water partition coefficient (Wildman–Crippen LogP) is 1.97. The molecule has 1 unspecified atom stereocenters. The van der Waals surface area contributed by atoms with E-state index in [2.05, 4.69) is 20.3 Å². The van der Waals surface area contributed by atoms with Crippen LogP contribution in [0.1, 0.15) is 30.3 Å². The van der Waals surface area contributed by atoms with Gasteiger partial charge < -0.3 is 0 Å². The summed E-state index contributed by atoms with van der Waals surface area (Å²) in [5, 5.41) is 12.0. The molecule has 9 heteroatoms. The lowest BCUT2D eigenvalue weighted by atomic mass is 10.1. The molecule has 0 saturated heterocycles. The lowest BCUT2D eigenvalue weighted by molar-refractivity contribution is 0.490. The maximum atomic E-state index is 14.4. The van der Waals surface area contributed by atoms with Crippen molar-refractivity contribution in [1.82, 2.24) is 24.7 Å². The maximum Gasteiger partial charge on any atom is 0.295 e. The number of para-hydroxylation sites is 1. The zero-order valence-corrected chi connectivity index (χ0v) is 13.8. The summed E-state index contributed by atoms with van der Waals surface area (Å²) in [6.45, 7) is 0. The molecule has 1 aliphatic carbocycles. The van der Waals surface area contributed by atoms with Crippen molar-refractivity contribution in [2.24, 2.45) is 10.9 Å². The SMILES string of the molecule is Fc1ncc2n1-c1ccccc1C1N=CN(n3nncc3CC3CC3)N21. The number of hydrogen-bond acceptors (Lipinski definition) is 6. The summed E-state index contributed by atoms with van der Waals surface area (Å²) >= 11 is 0. The molecule has 2 aromatic heterocycles. The fourth-order valence-corrected chi connectivity index (χ4v) is 3.73. The third-order valence-electron chi connectivity index (χ3n) is 5.14. The van der Waals surface area contributed by atoms with E-state index in [1.54, 1.807) is 22.4 Å². The number of nitrogens with zero attached hydrogens (tertiary/aromatic N) is 8. The van der Waals surface area contributed by atoms with Crippen molar-refractivity contribution in [3.05, 3.63) is 54.0 Å². The van der Waals surface area contributed by atoms with Gasteiger partial charge in [-0.3, -0.25) is 4.57 Å². The Labute approximate surface area is 148 Å². The molecule has 130 valence electrons. The van der Waals surface area contributed by atoms with Crippen molar-refractivity contribution in [3.8, 4) is 5.69 Å². The van der Waals surface area contributed by atoms with Gasteiger partial charge in [-0.05, 0) is 36.5 Å². The van der Waals surface area contributed by atoms with Gasteiger partial charge in [0.2, 0.25) is 0 Å². The number of hydrogen-bond donors (Lipinski definition) is 0. The van der Waals surface area contributed by atoms with Gasteiger partial charge in [0.25, 0.3) is 6.08 Å². The lowest BCUT2D eigenvalue weighted by Gasteiger charge is -2.37. The molecule has 3 aromatic rings. The summed E-state index contributed by atoms with van der Waals surface area (Å²) in [4.78, 5) is 10.3. The Morgan fingerprint density at radius 1 is 1.15 bits per heavy atom. The number of halogens is 1. The normalized spacial score (nSPS) is 20.3. The summed E-state index contributed by atoms with van der Waals surface area (Å²) in [5.41, 5.74) is 2.69. The molecule has 0 N–H and O–H groups in total. The maximum absolute atomic E-state index is 14.4. The van der Waals surface area contributed by atoms with E-state index in [1.165, 1.54) is 23.6 Å². The molecule has 0 radical (unpaired) electrons. The van der Waals surface area contributed by atoms with Crippen LogP contribution in [0.25, 0.3) is 5.69 Å². The molecule has 1 saturated carbocycles. The minimum absolute atomic E-state index is 0.284. The summed E-state index contributed by atoms with van der Waals surface area (Å²) in [6.07, 6.45) is 7.62. The van der Waals surface area contributed by atoms with Gasteiger partial charge in [0.1, 0.15) is 6.34 Å².